The molecule has 0 radical (unpaired) electrons. The van der Waals surface area contributed by atoms with Crippen molar-refractivity contribution in [3.05, 3.63) is 50.7 Å². The first-order chi connectivity index (χ1) is 8.11. The Labute approximate surface area is 107 Å². The summed E-state index contributed by atoms with van der Waals surface area (Å²) >= 11 is 3.41. The van der Waals surface area contributed by atoms with Crippen molar-refractivity contribution in [2.24, 2.45) is 12.8 Å². The Bertz CT molecular complexity index is 607. The van der Waals surface area contributed by atoms with Gasteiger partial charge in [0.2, 0.25) is 0 Å². The number of benzene rings is 1. The number of rotatable bonds is 2. The van der Waals surface area contributed by atoms with Gasteiger partial charge in [-0.15, -0.1) is 0 Å². The summed E-state index contributed by atoms with van der Waals surface area (Å²) < 4.78 is 2.28. The van der Waals surface area contributed by atoms with Crippen LogP contribution in [0.15, 0.2) is 39.6 Å². The predicted molar refractivity (Wildman–Crippen MR) is 70.5 cm³/mol. The fraction of sp³-hybridized carbons (Fsp3) is 0.167. The zero-order valence-electron chi connectivity index (χ0n) is 9.35. The zero-order chi connectivity index (χ0) is 12.4. The van der Waals surface area contributed by atoms with Crippen molar-refractivity contribution in [3.63, 3.8) is 0 Å². The topological polar surface area (TPSA) is 60.9 Å². The highest BCUT2D eigenvalue weighted by Gasteiger charge is 2.08. The van der Waals surface area contributed by atoms with Gasteiger partial charge in [0.15, 0.2) is 0 Å². The first kappa shape index (κ1) is 12.0. The molecule has 0 saturated heterocycles. The van der Waals surface area contributed by atoms with Crippen molar-refractivity contribution in [1.82, 2.24) is 9.78 Å². The van der Waals surface area contributed by atoms with E-state index in [0.717, 1.165) is 21.3 Å². The summed E-state index contributed by atoms with van der Waals surface area (Å²) in [5.74, 6) is 0. The number of aryl methyl sites for hydroxylation is 1. The molecular weight excluding hydrogens is 282 g/mol. The van der Waals surface area contributed by atoms with Crippen LogP contribution in [0.5, 0.6) is 0 Å². The standard InChI is InChI=1S/C12H12BrN3O/c1-16-11(17)6-9(7-14)12(15-16)8-3-2-4-10(13)5-8/h2-6H,7,14H2,1H3. The Morgan fingerprint density at radius 3 is 2.82 bits per heavy atom. The third kappa shape index (κ3) is 2.45. The molecular formula is C12H12BrN3O. The van der Waals surface area contributed by atoms with Crippen LogP contribution in [-0.2, 0) is 13.6 Å². The third-order valence-corrected chi connectivity index (χ3v) is 2.98. The predicted octanol–water partition coefficient (Wildman–Crippen LogP) is 1.67. The molecule has 2 N–H and O–H groups in total. The molecule has 0 atom stereocenters. The summed E-state index contributed by atoms with van der Waals surface area (Å²) in [7, 11) is 1.63. The number of hydrogen-bond donors (Lipinski definition) is 1. The lowest BCUT2D eigenvalue weighted by Gasteiger charge is -2.08. The Hall–Kier alpha value is -1.46. The summed E-state index contributed by atoms with van der Waals surface area (Å²) in [5.41, 5.74) is 7.94. The van der Waals surface area contributed by atoms with Gasteiger partial charge in [-0.2, -0.15) is 5.10 Å². The van der Waals surface area contributed by atoms with Gasteiger partial charge in [-0.05, 0) is 17.7 Å². The molecule has 0 unspecified atom stereocenters. The normalized spacial score (nSPS) is 10.5. The fourth-order valence-electron chi connectivity index (χ4n) is 1.61. The first-order valence-corrected chi connectivity index (χ1v) is 5.94. The van der Waals surface area contributed by atoms with Crippen molar-refractivity contribution in [2.75, 3.05) is 0 Å². The van der Waals surface area contributed by atoms with Gasteiger partial charge in [-0.1, -0.05) is 28.1 Å². The fourth-order valence-corrected chi connectivity index (χ4v) is 2.01. The van der Waals surface area contributed by atoms with Gasteiger partial charge in [-0.25, -0.2) is 4.68 Å². The van der Waals surface area contributed by atoms with Gasteiger partial charge in [-0.3, -0.25) is 4.79 Å². The average Bonchev–Trinajstić information content (AvgIpc) is 2.32. The summed E-state index contributed by atoms with van der Waals surface area (Å²) in [6, 6.07) is 9.28. The first-order valence-electron chi connectivity index (χ1n) is 5.15. The minimum absolute atomic E-state index is 0.149. The second kappa shape index (κ2) is 4.81. The summed E-state index contributed by atoms with van der Waals surface area (Å²) in [6.45, 7) is 0.297. The van der Waals surface area contributed by atoms with E-state index >= 15 is 0 Å². The van der Waals surface area contributed by atoms with Crippen LogP contribution in [0, 0.1) is 0 Å². The molecule has 0 aliphatic carbocycles. The number of nitrogens with two attached hydrogens (primary N) is 1. The SMILES string of the molecule is Cn1nc(-c2cccc(Br)c2)c(CN)cc1=O. The van der Waals surface area contributed by atoms with E-state index < -0.39 is 0 Å². The van der Waals surface area contributed by atoms with E-state index in [2.05, 4.69) is 21.0 Å². The molecule has 1 aromatic carbocycles. The molecule has 2 aromatic rings. The van der Waals surface area contributed by atoms with Crippen molar-refractivity contribution < 1.29 is 0 Å². The van der Waals surface area contributed by atoms with Gasteiger partial charge in [0.05, 0.1) is 5.69 Å². The summed E-state index contributed by atoms with van der Waals surface area (Å²) in [6.07, 6.45) is 0. The maximum atomic E-state index is 11.5. The van der Waals surface area contributed by atoms with Crippen LogP contribution in [0.1, 0.15) is 5.56 Å². The molecule has 2 rings (SSSR count). The summed E-state index contributed by atoms with van der Waals surface area (Å²) in [4.78, 5) is 11.5. The van der Waals surface area contributed by atoms with Gasteiger partial charge in [0.25, 0.3) is 5.56 Å². The Balaban J connectivity index is 2.66. The molecule has 0 spiro atoms. The van der Waals surface area contributed by atoms with Gasteiger partial charge >= 0.3 is 0 Å². The molecule has 5 heteroatoms. The van der Waals surface area contributed by atoms with Gasteiger partial charge in [0.1, 0.15) is 0 Å². The van der Waals surface area contributed by atoms with E-state index in [1.165, 1.54) is 10.7 Å². The number of hydrogen-bond acceptors (Lipinski definition) is 3. The molecule has 4 nitrogen and oxygen atoms in total. The highest BCUT2D eigenvalue weighted by atomic mass is 79.9. The highest BCUT2D eigenvalue weighted by molar-refractivity contribution is 9.10. The molecule has 88 valence electrons. The van der Waals surface area contributed by atoms with Crippen LogP contribution in [-0.4, -0.2) is 9.78 Å². The molecule has 0 aliphatic heterocycles. The smallest absolute Gasteiger partial charge is 0.266 e. The summed E-state index contributed by atoms with van der Waals surface area (Å²) in [5, 5.41) is 4.26. The maximum Gasteiger partial charge on any atom is 0.266 e. The average molecular weight is 294 g/mol. The minimum atomic E-state index is -0.149. The van der Waals surface area contributed by atoms with Gasteiger partial charge < -0.3 is 5.73 Å². The molecule has 0 amide bonds. The monoisotopic (exact) mass is 293 g/mol. The van der Waals surface area contributed by atoms with Gasteiger partial charge in [0, 0.05) is 29.7 Å². The lowest BCUT2D eigenvalue weighted by atomic mass is 10.1. The second-order valence-electron chi connectivity index (χ2n) is 3.69. The number of nitrogens with zero attached hydrogens (tertiary/aromatic N) is 2. The Kier molecular flexibility index (Phi) is 3.40. The van der Waals surface area contributed by atoms with E-state index in [1.807, 2.05) is 24.3 Å². The van der Waals surface area contributed by atoms with Crippen molar-refractivity contribution in [2.45, 2.75) is 6.54 Å². The largest absolute Gasteiger partial charge is 0.326 e. The van der Waals surface area contributed by atoms with Crippen LogP contribution in [0.4, 0.5) is 0 Å². The molecule has 1 heterocycles. The van der Waals surface area contributed by atoms with Crippen LogP contribution in [0.2, 0.25) is 0 Å². The Morgan fingerprint density at radius 2 is 2.18 bits per heavy atom. The lowest BCUT2D eigenvalue weighted by Crippen LogP contribution is -2.21. The van der Waals surface area contributed by atoms with E-state index in [-0.39, 0.29) is 5.56 Å². The quantitative estimate of drug-likeness (QED) is 0.916. The maximum absolute atomic E-state index is 11.5. The molecule has 1 aromatic heterocycles. The van der Waals surface area contributed by atoms with Crippen molar-refractivity contribution in [1.29, 1.82) is 0 Å². The minimum Gasteiger partial charge on any atom is -0.326 e. The molecule has 0 aliphatic rings. The molecule has 17 heavy (non-hydrogen) atoms. The van der Waals surface area contributed by atoms with E-state index in [0.29, 0.717) is 6.54 Å². The van der Waals surface area contributed by atoms with Crippen LogP contribution in [0.3, 0.4) is 0 Å². The van der Waals surface area contributed by atoms with Crippen molar-refractivity contribution >= 4 is 15.9 Å². The molecule has 0 saturated carbocycles. The van der Waals surface area contributed by atoms with E-state index in [4.69, 9.17) is 5.73 Å². The lowest BCUT2D eigenvalue weighted by molar-refractivity contribution is 0.704. The van der Waals surface area contributed by atoms with Crippen molar-refractivity contribution in [3.8, 4) is 11.3 Å². The molecule has 0 bridgehead atoms. The molecule has 0 fully saturated rings. The third-order valence-electron chi connectivity index (χ3n) is 2.49. The number of halogens is 1. The van der Waals surface area contributed by atoms with Crippen LogP contribution in [0.25, 0.3) is 11.3 Å². The van der Waals surface area contributed by atoms with E-state index in [9.17, 15) is 4.79 Å². The number of aromatic nitrogens is 2. The zero-order valence-corrected chi connectivity index (χ0v) is 10.9. The van der Waals surface area contributed by atoms with Crippen LogP contribution >= 0.6 is 15.9 Å². The van der Waals surface area contributed by atoms with E-state index in [1.54, 1.807) is 7.05 Å². The second-order valence-corrected chi connectivity index (χ2v) is 4.61. The highest BCUT2D eigenvalue weighted by Crippen LogP contribution is 2.23. The van der Waals surface area contributed by atoms with Crippen LogP contribution < -0.4 is 11.3 Å². The Morgan fingerprint density at radius 1 is 1.41 bits per heavy atom.